The molecule has 2 N–H and O–H groups in total. The Morgan fingerprint density at radius 3 is 2.78 bits per heavy atom. The molecule has 1 fully saturated rings. The summed E-state index contributed by atoms with van der Waals surface area (Å²) in [5.41, 5.74) is 2.10. The van der Waals surface area contributed by atoms with Gasteiger partial charge in [0.2, 0.25) is 0 Å². The van der Waals surface area contributed by atoms with E-state index in [0.717, 1.165) is 11.3 Å². The number of rotatable bonds is 5. The van der Waals surface area contributed by atoms with E-state index in [1.54, 1.807) is 0 Å². The second-order valence-electron chi connectivity index (χ2n) is 5.85. The summed E-state index contributed by atoms with van der Waals surface area (Å²) in [4.78, 5) is 12.2. The first-order valence-electron chi connectivity index (χ1n) is 7.68. The summed E-state index contributed by atoms with van der Waals surface area (Å²) in [6.07, 6.45) is 2.45. The Bertz CT molecular complexity index is 668. The predicted molar refractivity (Wildman–Crippen MR) is 91.0 cm³/mol. The van der Waals surface area contributed by atoms with Crippen LogP contribution in [0.25, 0.3) is 0 Å². The van der Waals surface area contributed by atoms with Gasteiger partial charge >= 0.3 is 5.97 Å². The van der Waals surface area contributed by atoms with Crippen molar-refractivity contribution < 1.29 is 14.3 Å². The van der Waals surface area contributed by atoms with Crippen molar-refractivity contribution >= 4 is 23.3 Å². The fraction of sp³-hybridized carbons (Fsp3) is 0.412. The van der Waals surface area contributed by atoms with Crippen LogP contribution in [0.1, 0.15) is 31.4 Å². The molecule has 0 aromatic heterocycles. The van der Waals surface area contributed by atoms with Gasteiger partial charge in [-0.25, -0.2) is 4.79 Å². The van der Waals surface area contributed by atoms with Crippen LogP contribution in [-0.4, -0.2) is 24.8 Å². The van der Waals surface area contributed by atoms with Gasteiger partial charge in [0.1, 0.15) is 5.75 Å². The maximum absolute atomic E-state index is 12.2. The van der Waals surface area contributed by atoms with Gasteiger partial charge in [0.05, 0.1) is 25.3 Å². The quantitative estimate of drug-likeness (QED) is 0.638. The summed E-state index contributed by atoms with van der Waals surface area (Å²) < 4.78 is 10.9. The minimum Gasteiger partial charge on any atom is -0.493 e. The first-order chi connectivity index (χ1) is 11.1. The summed E-state index contributed by atoms with van der Waals surface area (Å²) in [6.45, 7) is 2.53. The first kappa shape index (κ1) is 15.8. The fourth-order valence-electron chi connectivity index (χ4n) is 2.65. The Morgan fingerprint density at radius 2 is 2.09 bits per heavy atom. The highest BCUT2D eigenvalue weighted by Crippen LogP contribution is 2.35. The number of esters is 1. The Hall–Kier alpha value is -2.08. The Balaban J connectivity index is 1.95. The van der Waals surface area contributed by atoms with Crippen LogP contribution in [0.4, 0.5) is 0 Å². The molecule has 0 amide bonds. The summed E-state index contributed by atoms with van der Waals surface area (Å²) in [7, 11) is 1.38. The van der Waals surface area contributed by atoms with Crippen LogP contribution >= 0.6 is 12.2 Å². The van der Waals surface area contributed by atoms with E-state index in [4.69, 9.17) is 21.7 Å². The number of hydrogen-bond acceptors (Lipinski definition) is 4. The lowest BCUT2D eigenvalue weighted by molar-refractivity contribution is -0.136. The molecule has 122 valence electrons. The van der Waals surface area contributed by atoms with E-state index >= 15 is 0 Å². The Kier molecular flexibility index (Phi) is 4.52. The van der Waals surface area contributed by atoms with Crippen molar-refractivity contribution in [2.75, 3.05) is 13.7 Å². The number of ether oxygens (including phenoxy) is 2. The predicted octanol–water partition coefficient (Wildman–Crippen LogP) is 2.44. The molecule has 1 atom stereocenters. The van der Waals surface area contributed by atoms with E-state index < -0.39 is 0 Å². The minimum absolute atomic E-state index is 0.382. The zero-order chi connectivity index (χ0) is 16.4. The lowest BCUT2D eigenvalue weighted by Crippen LogP contribution is -2.45. The smallest absolute Gasteiger partial charge is 0.337 e. The molecule has 23 heavy (non-hydrogen) atoms. The number of thiocarbonyl (C=S) groups is 1. The van der Waals surface area contributed by atoms with Gasteiger partial charge in [0.15, 0.2) is 5.11 Å². The average molecular weight is 332 g/mol. The standard InChI is InChI=1S/C17H20N2O3S/c1-10-14(16(20)21-2)15(19-17(23)18-10)12-5-3-4-6-13(12)22-9-11-7-8-11/h3-6,11,15H,7-9H2,1-2H3,(H2,18,19,23)/t15-/m1/s1. The molecule has 0 saturated heterocycles. The monoisotopic (exact) mass is 332 g/mol. The third kappa shape index (κ3) is 3.47. The van der Waals surface area contributed by atoms with Gasteiger partial charge < -0.3 is 20.1 Å². The van der Waals surface area contributed by atoms with Gasteiger partial charge in [-0.3, -0.25) is 0 Å². The third-order valence-corrected chi connectivity index (χ3v) is 4.30. The lowest BCUT2D eigenvalue weighted by Gasteiger charge is -2.30. The highest BCUT2D eigenvalue weighted by Gasteiger charge is 2.32. The van der Waals surface area contributed by atoms with Crippen LogP contribution in [0, 0.1) is 5.92 Å². The van der Waals surface area contributed by atoms with Crippen molar-refractivity contribution in [3.05, 3.63) is 41.1 Å². The molecule has 1 aliphatic heterocycles. The number of para-hydroxylation sites is 1. The van der Waals surface area contributed by atoms with Crippen LogP contribution < -0.4 is 15.4 Å². The van der Waals surface area contributed by atoms with Crippen molar-refractivity contribution in [1.82, 2.24) is 10.6 Å². The molecule has 0 unspecified atom stereocenters. The summed E-state index contributed by atoms with van der Waals surface area (Å²) in [5, 5.41) is 6.62. The molecule has 2 aliphatic rings. The van der Waals surface area contributed by atoms with E-state index in [-0.39, 0.29) is 12.0 Å². The number of nitrogens with one attached hydrogen (secondary N) is 2. The number of methoxy groups -OCH3 is 1. The molecular weight excluding hydrogens is 312 g/mol. The number of benzene rings is 1. The number of carbonyl (C=O) groups excluding carboxylic acids is 1. The summed E-state index contributed by atoms with van der Waals surface area (Å²) in [6, 6.07) is 7.35. The van der Waals surface area contributed by atoms with Gasteiger partial charge in [0.25, 0.3) is 0 Å². The van der Waals surface area contributed by atoms with Gasteiger partial charge in [-0.15, -0.1) is 0 Å². The van der Waals surface area contributed by atoms with Gasteiger partial charge in [-0.1, -0.05) is 18.2 Å². The number of hydrogen-bond donors (Lipinski definition) is 2. The van der Waals surface area contributed by atoms with E-state index in [1.807, 2.05) is 31.2 Å². The second kappa shape index (κ2) is 6.58. The molecule has 0 radical (unpaired) electrons. The van der Waals surface area contributed by atoms with Crippen molar-refractivity contribution in [2.45, 2.75) is 25.8 Å². The number of allylic oxidation sites excluding steroid dienone is 1. The Labute approximate surface area is 141 Å². The highest BCUT2D eigenvalue weighted by molar-refractivity contribution is 7.80. The number of carbonyl (C=O) groups is 1. The molecular formula is C17H20N2O3S. The van der Waals surface area contributed by atoms with Gasteiger partial charge in [0, 0.05) is 11.3 Å². The van der Waals surface area contributed by atoms with E-state index in [9.17, 15) is 4.79 Å². The SMILES string of the molecule is COC(=O)C1=C(C)NC(=S)N[C@@H]1c1ccccc1OCC1CC1. The van der Waals surface area contributed by atoms with Crippen LogP contribution in [0.2, 0.25) is 0 Å². The maximum Gasteiger partial charge on any atom is 0.337 e. The molecule has 0 bridgehead atoms. The maximum atomic E-state index is 12.2. The van der Waals surface area contributed by atoms with Crippen molar-refractivity contribution in [1.29, 1.82) is 0 Å². The topological polar surface area (TPSA) is 59.6 Å². The van der Waals surface area contributed by atoms with Crippen LogP contribution in [0.5, 0.6) is 5.75 Å². The zero-order valence-corrected chi connectivity index (χ0v) is 14.0. The molecule has 5 nitrogen and oxygen atoms in total. The molecule has 1 aromatic rings. The minimum atomic E-state index is -0.383. The molecule has 1 heterocycles. The first-order valence-corrected chi connectivity index (χ1v) is 8.09. The molecule has 1 saturated carbocycles. The molecule has 0 spiro atoms. The van der Waals surface area contributed by atoms with Crippen LogP contribution in [0.15, 0.2) is 35.5 Å². The summed E-state index contributed by atoms with van der Waals surface area (Å²) >= 11 is 5.25. The van der Waals surface area contributed by atoms with Gasteiger partial charge in [-0.05, 0) is 44.0 Å². The van der Waals surface area contributed by atoms with Crippen LogP contribution in [0.3, 0.4) is 0 Å². The normalized spacial score (nSPS) is 20.6. The van der Waals surface area contributed by atoms with E-state index in [2.05, 4.69) is 10.6 Å². The fourth-order valence-corrected chi connectivity index (χ4v) is 2.92. The van der Waals surface area contributed by atoms with Gasteiger partial charge in [-0.2, -0.15) is 0 Å². The molecule has 6 heteroatoms. The Morgan fingerprint density at radius 1 is 1.35 bits per heavy atom. The molecule has 3 rings (SSSR count). The largest absolute Gasteiger partial charge is 0.493 e. The van der Waals surface area contributed by atoms with Crippen molar-refractivity contribution in [3.8, 4) is 5.75 Å². The zero-order valence-electron chi connectivity index (χ0n) is 13.2. The van der Waals surface area contributed by atoms with Crippen molar-refractivity contribution in [2.24, 2.45) is 5.92 Å². The highest BCUT2D eigenvalue weighted by atomic mass is 32.1. The van der Waals surface area contributed by atoms with Crippen molar-refractivity contribution in [3.63, 3.8) is 0 Å². The second-order valence-corrected chi connectivity index (χ2v) is 6.26. The molecule has 1 aliphatic carbocycles. The lowest BCUT2D eigenvalue weighted by atomic mass is 9.95. The average Bonchev–Trinajstić information content (AvgIpc) is 3.36. The molecule has 1 aromatic carbocycles. The third-order valence-electron chi connectivity index (χ3n) is 4.08. The van der Waals surface area contributed by atoms with E-state index in [1.165, 1.54) is 20.0 Å². The summed E-state index contributed by atoms with van der Waals surface area (Å²) in [5.74, 6) is 1.05. The van der Waals surface area contributed by atoms with Crippen LogP contribution in [-0.2, 0) is 9.53 Å². The van der Waals surface area contributed by atoms with E-state index in [0.29, 0.717) is 28.9 Å².